The van der Waals surface area contributed by atoms with Gasteiger partial charge in [-0.3, -0.25) is 0 Å². The van der Waals surface area contributed by atoms with Crippen LogP contribution in [0.25, 0.3) is 0 Å². The summed E-state index contributed by atoms with van der Waals surface area (Å²) in [6.45, 7) is 38.2. The van der Waals surface area contributed by atoms with Crippen LogP contribution in [0.1, 0.15) is 62.3 Å². The average Bonchev–Trinajstić information content (AvgIpc) is 2.22. The minimum atomic E-state index is -1.95. The Morgan fingerprint density at radius 2 is 0.565 bits per heavy atom. The number of halogens is 1. The van der Waals surface area contributed by atoms with Crippen LogP contribution in [0.4, 0.5) is 0 Å². The van der Waals surface area contributed by atoms with Crippen molar-refractivity contribution in [2.24, 2.45) is 0 Å². The first-order valence-corrected chi connectivity index (χ1v) is 24.2. The molecular weight excluding hydrogens is 364 g/mol. The number of hydrogen-bond donors (Lipinski definition) is 0. The van der Waals surface area contributed by atoms with Gasteiger partial charge < -0.3 is 0 Å². The lowest BCUT2D eigenvalue weighted by Crippen LogP contribution is -2.87. The molecule has 0 atom stereocenters. The first kappa shape index (κ1) is 24.2. The van der Waals surface area contributed by atoms with Gasteiger partial charge in [0, 0.05) is 0 Å². The molecule has 0 bridgehead atoms. The highest BCUT2D eigenvalue weighted by molar-refractivity contribution is 8.02. The zero-order valence-electron chi connectivity index (χ0n) is 18.9. The van der Waals surface area contributed by atoms with Crippen molar-refractivity contribution in [2.45, 2.75) is 117 Å². The topological polar surface area (TPSA) is 0 Å². The van der Waals surface area contributed by atoms with Crippen LogP contribution in [0.5, 0.6) is 0 Å². The van der Waals surface area contributed by atoms with Gasteiger partial charge in [0.05, 0.1) is 22.8 Å². The average molecular weight is 409 g/mol. The third kappa shape index (κ3) is 3.41. The summed E-state index contributed by atoms with van der Waals surface area (Å²) >= 11 is 8.19. The third-order valence-electron chi connectivity index (χ3n) is 8.21. The minimum Gasteiger partial charge on any atom is -0.177 e. The molecule has 0 aliphatic carbocycles. The summed E-state index contributed by atoms with van der Waals surface area (Å²) in [4.78, 5) is 0. The van der Waals surface area contributed by atoms with Gasteiger partial charge in [-0.25, -0.2) is 0 Å². The molecule has 0 spiro atoms. The normalized spacial score (nSPS) is 16.7. The Morgan fingerprint density at radius 3 is 0.652 bits per heavy atom. The summed E-state index contributed by atoms with van der Waals surface area (Å²) < 4.78 is 0. The Kier molecular flexibility index (Phi) is 6.41. The molecule has 0 aromatic heterocycles. The molecule has 0 aromatic rings. The van der Waals surface area contributed by atoms with Crippen molar-refractivity contribution in [3.63, 3.8) is 0 Å². The van der Waals surface area contributed by atoms with Crippen LogP contribution in [0.15, 0.2) is 0 Å². The Balaban J connectivity index is 6.97. The standard InChI is InChI=1S/C18H45ClSi4/c1-16(2,3)20(10,11)23(19,21(12,13)17(4,5)6)22(14,15)18(7,8)9/h1-15H3. The molecule has 0 rings (SSSR count). The smallest absolute Gasteiger partial charge is 0.132 e. The molecule has 23 heavy (non-hydrogen) atoms. The van der Waals surface area contributed by atoms with Crippen LogP contribution in [0.3, 0.4) is 0 Å². The minimum absolute atomic E-state index is 0.367. The van der Waals surface area contributed by atoms with Crippen molar-refractivity contribution in [2.75, 3.05) is 0 Å². The van der Waals surface area contributed by atoms with Crippen molar-refractivity contribution < 1.29 is 0 Å². The molecule has 5 heteroatoms. The molecule has 0 N–H and O–H groups in total. The third-order valence-corrected chi connectivity index (χ3v) is 93.4. The fraction of sp³-hybridized carbons (Fsp3) is 1.00. The van der Waals surface area contributed by atoms with Gasteiger partial charge in [0.1, 0.15) is 5.94 Å². The van der Waals surface area contributed by atoms with Crippen LogP contribution in [0.2, 0.25) is 54.4 Å². The molecule has 0 heterocycles. The Bertz CT molecular complexity index is 367. The zero-order chi connectivity index (χ0) is 19.5. The van der Waals surface area contributed by atoms with E-state index in [1.165, 1.54) is 0 Å². The second-order valence-corrected chi connectivity index (χ2v) is 54.9. The fourth-order valence-electron chi connectivity index (χ4n) is 3.89. The van der Waals surface area contributed by atoms with Crippen molar-refractivity contribution in [3.8, 4) is 0 Å². The van der Waals surface area contributed by atoms with E-state index in [9.17, 15) is 0 Å². The summed E-state index contributed by atoms with van der Waals surface area (Å²) in [7, 11) is -4.86. The van der Waals surface area contributed by atoms with Gasteiger partial charge >= 0.3 is 0 Å². The summed E-state index contributed by atoms with van der Waals surface area (Å²) in [5.74, 6) is -1.95. The Hall–Kier alpha value is 1.16. The Labute approximate surface area is 156 Å². The quantitative estimate of drug-likeness (QED) is 0.328. The molecule has 140 valence electrons. The maximum Gasteiger partial charge on any atom is 0.132 e. The van der Waals surface area contributed by atoms with Gasteiger partial charge in [-0.1, -0.05) is 102 Å². The maximum absolute atomic E-state index is 8.19. The van der Waals surface area contributed by atoms with Gasteiger partial charge in [-0.15, -0.1) is 0 Å². The van der Waals surface area contributed by atoms with E-state index in [2.05, 4.69) is 102 Å². The van der Waals surface area contributed by atoms with Crippen LogP contribution < -0.4 is 0 Å². The molecular formula is C18H45ClSi4. The van der Waals surface area contributed by atoms with E-state index in [0.29, 0.717) is 15.1 Å². The SMILES string of the molecule is CC(C)(C)[Si](C)(C)[Si](Cl)([Si](C)(C)C(C)(C)C)[Si](C)(C)C(C)(C)C. The van der Waals surface area contributed by atoms with Gasteiger partial charge in [0.25, 0.3) is 0 Å². The van der Waals surface area contributed by atoms with E-state index in [-0.39, 0.29) is 0 Å². The lowest BCUT2D eigenvalue weighted by molar-refractivity contribution is 0.720. The van der Waals surface area contributed by atoms with E-state index in [4.69, 9.17) is 11.1 Å². The van der Waals surface area contributed by atoms with Crippen molar-refractivity contribution >= 4 is 39.8 Å². The number of rotatable bonds is 3. The van der Waals surface area contributed by atoms with Gasteiger partial charge in [0.15, 0.2) is 0 Å². The second-order valence-electron chi connectivity index (χ2n) is 12.3. The van der Waals surface area contributed by atoms with Crippen molar-refractivity contribution in [1.29, 1.82) is 0 Å². The van der Waals surface area contributed by atoms with Gasteiger partial charge in [-0.2, -0.15) is 11.1 Å². The monoisotopic (exact) mass is 408 g/mol. The van der Waals surface area contributed by atoms with E-state index in [1.807, 2.05) is 0 Å². The van der Waals surface area contributed by atoms with Crippen LogP contribution in [-0.4, -0.2) is 28.7 Å². The van der Waals surface area contributed by atoms with Crippen LogP contribution >= 0.6 is 11.1 Å². The van der Waals surface area contributed by atoms with Crippen molar-refractivity contribution in [3.05, 3.63) is 0 Å². The number of hydrogen-bond acceptors (Lipinski definition) is 0. The van der Waals surface area contributed by atoms with Crippen LogP contribution in [-0.2, 0) is 0 Å². The maximum atomic E-state index is 8.19. The first-order chi connectivity index (χ1) is 9.50. The molecule has 0 amide bonds. The summed E-state index contributed by atoms with van der Waals surface area (Å²) in [5, 5.41) is 1.10. The molecule has 0 unspecified atom stereocenters. The molecule has 0 fully saturated rings. The molecule has 0 saturated heterocycles. The predicted octanol–water partition coefficient (Wildman–Crippen LogP) is 7.93. The van der Waals surface area contributed by atoms with E-state index < -0.39 is 28.7 Å². The lowest BCUT2D eigenvalue weighted by atomic mass is 10.2. The summed E-state index contributed by atoms with van der Waals surface area (Å²) in [6.07, 6.45) is 0. The molecule has 0 radical (unpaired) electrons. The summed E-state index contributed by atoms with van der Waals surface area (Å²) in [6, 6.07) is 0. The van der Waals surface area contributed by atoms with E-state index in [1.54, 1.807) is 0 Å². The second kappa shape index (κ2) is 6.10. The molecule has 0 aliphatic rings. The van der Waals surface area contributed by atoms with Crippen LogP contribution in [0, 0.1) is 0 Å². The predicted molar refractivity (Wildman–Crippen MR) is 123 cm³/mol. The van der Waals surface area contributed by atoms with Gasteiger partial charge in [-0.05, 0) is 15.1 Å². The van der Waals surface area contributed by atoms with E-state index in [0.717, 1.165) is 0 Å². The Morgan fingerprint density at radius 1 is 0.435 bits per heavy atom. The van der Waals surface area contributed by atoms with Crippen molar-refractivity contribution in [1.82, 2.24) is 0 Å². The molecule has 0 aromatic carbocycles. The largest absolute Gasteiger partial charge is 0.177 e. The zero-order valence-corrected chi connectivity index (χ0v) is 23.6. The highest BCUT2D eigenvalue weighted by Crippen LogP contribution is 2.60. The molecule has 0 saturated carbocycles. The highest BCUT2D eigenvalue weighted by Gasteiger charge is 2.73. The fourth-order valence-corrected chi connectivity index (χ4v) is 105. The molecule has 0 nitrogen and oxygen atoms in total. The molecule has 0 aliphatic heterocycles. The van der Waals surface area contributed by atoms with Gasteiger partial charge in [0.2, 0.25) is 0 Å². The summed E-state index contributed by atoms with van der Waals surface area (Å²) in [5.41, 5.74) is 0. The highest BCUT2D eigenvalue weighted by atomic mass is 35.6. The first-order valence-electron chi connectivity index (χ1n) is 9.19. The van der Waals surface area contributed by atoms with E-state index >= 15 is 0 Å². The lowest BCUT2D eigenvalue weighted by Gasteiger charge is -2.66.